The number of furan rings is 1. The third kappa shape index (κ3) is 4.99. The van der Waals surface area contributed by atoms with Gasteiger partial charge in [0.15, 0.2) is 6.61 Å². The molecule has 0 spiro atoms. The molecule has 0 bridgehead atoms. The molecule has 4 aromatic rings. The molecule has 0 unspecified atom stereocenters. The Morgan fingerprint density at radius 1 is 1.00 bits per heavy atom. The molecule has 0 radical (unpaired) electrons. The lowest BCUT2D eigenvalue weighted by molar-refractivity contribution is -0.153. The van der Waals surface area contributed by atoms with E-state index >= 15 is 0 Å². The maximum atomic E-state index is 13.6. The van der Waals surface area contributed by atoms with Crippen LogP contribution in [-0.4, -0.2) is 23.6 Å². The van der Waals surface area contributed by atoms with Gasteiger partial charge < -0.3 is 19.6 Å². The number of halogens is 4. The zero-order chi connectivity index (χ0) is 24.5. The van der Waals surface area contributed by atoms with Crippen LogP contribution in [0.2, 0.25) is 5.02 Å². The molecule has 0 fully saturated rings. The van der Waals surface area contributed by atoms with E-state index in [0.29, 0.717) is 16.5 Å². The van der Waals surface area contributed by atoms with Crippen molar-refractivity contribution in [1.82, 2.24) is 0 Å². The first-order chi connectivity index (χ1) is 16.1. The van der Waals surface area contributed by atoms with Crippen LogP contribution in [-0.2, 0) is 11.0 Å². The third-order valence-electron chi connectivity index (χ3n) is 4.81. The van der Waals surface area contributed by atoms with Crippen LogP contribution in [0.3, 0.4) is 0 Å². The van der Waals surface area contributed by atoms with Gasteiger partial charge in [-0.3, -0.25) is 4.79 Å². The van der Waals surface area contributed by atoms with E-state index in [2.05, 4.69) is 5.32 Å². The highest BCUT2D eigenvalue weighted by Gasteiger charge is 2.40. The van der Waals surface area contributed by atoms with Crippen molar-refractivity contribution in [1.29, 1.82) is 0 Å². The van der Waals surface area contributed by atoms with Crippen LogP contribution < -0.4 is 10.1 Å². The fourth-order valence-corrected chi connectivity index (χ4v) is 3.53. The summed E-state index contributed by atoms with van der Waals surface area (Å²) in [6, 6.07) is 16.7. The van der Waals surface area contributed by atoms with Crippen molar-refractivity contribution >= 4 is 39.9 Å². The standard InChI is InChI=1S/C24H15ClF3NO5/c25-19-4-2-1-3-17(19)20-11-18(22(34-20)24(26,27)28)23(32)29-15-7-5-14-10-16(33-12-21(30)31)8-6-13(14)9-15/h1-11H,12H2,(H,29,32)(H,30,31). The predicted octanol–water partition coefficient (Wildman–Crippen LogP) is 6.49. The smallest absolute Gasteiger partial charge is 0.450 e. The van der Waals surface area contributed by atoms with Gasteiger partial charge in [0, 0.05) is 11.3 Å². The van der Waals surface area contributed by atoms with E-state index in [-0.39, 0.29) is 22.0 Å². The molecule has 34 heavy (non-hydrogen) atoms. The van der Waals surface area contributed by atoms with Crippen molar-refractivity contribution in [3.05, 3.63) is 83.1 Å². The Balaban J connectivity index is 1.62. The number of carboxylic acids is 1. The number of hydrogen-bond donors (Lipinski definition) is 2. The zero-order valence-electron chi connectivity index (χ0n) is 17.2. The average molecular weight is 490 g/mol. The molecular weight excluding hydrogens is 475 g/mol. The Morgan fingerprint density at radius 2 is 1.71 bits per heavy atom. The Morgan fingerprint density at radius 3 is 2.41 bits per heavy atom. The van der Waals surface area contributed by atoms with Crippen molar-refractivity contribution in [3.63, 3.8) is 0 Å². The number of carboxylic acid groups (broad SMARTS) is 1. The minimum absolute atomic E-state index is 0.179. The second-order valence-electron chi connectivity index (χ2n) is 7.19. The zero-order valence-corrected chi connectivity index (χ0v) is 17.9. The first kappa shape index (κ1) is 23.2. The Kier molecular flexibility index (Phi) is 6.21. The molecule has 174 valence electrons. The monoisotopic (exact) mass is 489 g/mol. The van der Waals surface area contributed by atoms with E-state index in [1.807, 2.05) is 0 Å². The number of anilines is 1. The number of carbonyl (C=O) groups excluding carboxylic acids is 1. The van der Waals surface area contributed by atoms with E-state index in [4.69, 9.17) is 25.9 Å². The van der Waals surface area contributed by atoms with Gasteiger partial charge in [0.05, 0.1) is 10.6 Å². The minimum Gasteiger partial charge on any atom is -0.482 e. The maximum absolute atomic E-state index is 13.6. The van der Waals surface area contributed by atoms with Crippen molar-refractivity contribution in [2.45, 2.75) is 6.18 Å². The van der Waals surface area contributed by atoms with Crippen molar-refractivity contribution in [2.75, 3.05) is 11.9 Å². The molecule has 3 aromatic carbocycles. The second-order valence-corrected chi connectivity index (χ2v) is 7.60. The van der Waals surface area contributed by atoms with Crippen LogP contribution in [0, 0.1) is 0 Å². The lowest BCUT2D eigenvalue weighted by Crippen LogP contribution is -2.16. The average Bonchev–Trinajstić information content (AvgIpc) is 3.24. The highest BCUT2D eigenvalue weighted by atomic mass is 35.5. The van der Waals surface area contributed by atoms with E-state index < -0.39 is 36.0 Å². The molecule has 10 heteroatoms. The number of rotatable bonds is 6. The van der Waals surface area contributed by atoms with E-state index in [9.17, 15) is 22.8 Å². The van der Waals surface area contributed by atoms with Gasteiger partial charge in [-0.15, -0.1) is 0 Å². The Hall–Kier alpha value is -3.98. The minimum atomic E-state index is -4.90. The lowest BCUT2D eigenvalue weighted by atomic mass is 10.1. The van der Waals surface area contributed by atoms with Gasteiger partial charge in [-0.25, -0.2) is 4.79 Å². The maximum Gasteiger partial charge on any atom is 0.450 e. The molecule has 0 atom stereocenters. The van der Waals surface area contributed by atoms with Crippen molar-refractivity contribution < 1.29 is 37.0 Å². The van der Waals surface area contributed by atoms with Crippen LogP contribution in [0.4, 0.5) is 18.9 Å². The number of benzene rings is 3. The van der Waals surface area contributed by atoms with Crippen LogP contribution in [0.25, 0.3) is 22.1 Å². The molecule has 0 aliphatic heterocycles. The van der Waals surface area contributed by atoms with Crippen molar-refractivity contribution in [2.24, 2.45) is 0 Å². The second kappa shape index (κ2) is 9.11. The molecule has 0 saturated heterocycles. The summed E-state index contributed by atoms with van der Waals surface area (Å²) in [6.45, 7) is -0.498. The summed E-state index contributed by atoms with van der Waals surface area (Å²) >= 11 is 6.07. The normalized spacial score (nSPS) is 11.4. The van der Waals surface area contributed by atoms with E-state index in [0.717, 1.165) is 6.07 Å². The Labute approximate surface area is 195 Å². The fourth-order valence-electron chi connectivity index (χ4n) is 3.30. The molecule has 1 aromatic heterocycles. The fraction of sp³-hybridized carbons (Fsp3) is 0.0833. The number of ether oxygens (including phenoxy) is 1. The van der Waals surface area contributed by atoms with Crippen LogP contribution >= 0.6 is 11.6 Å². The van der Waals surface area contributed by atoms with E-state index in [1.165, 1.54) is 18.2 Å². The molecule has 0 saturated carbocycles. The number of alkyl halides is 3. The number of nitrogens with one attached hydrogen (secondary N) is 1. The van der Waals surface area contributed by atoms with Gasteiger partial charge in [-0.1, -0.05) is 35.9 Å². The highest BCUT2D eigenvalue weighted by Crippen LogP contribution is 2.39. The molecule has 6 nitrogen and oxygen atoms in total. The van der Waals surface area contributed by atoms with Gasteiger partial charge >= 0.3 is 12.1 Å². The number of hydrogen-bond acceptors (Lipinski definition) is 4. The summed E-state index contributed by atoms with van der Waals surface area (Å²) in [6.07, 6.45) is -4.90. The van der Waals surface area contributed by atoms with Gasteiger partial charge in [0.2, 0.25) is 5.76 Å². The molecule has 1 heterocycles. The summed E-state index contributed by atoms with van der Waals surface area (Å²) in [5, 5.41) is 12.7. The van der Waals surface area contributed by atoms with Crippen molar-refractivity contribution in [3.8, 4) is 17.1 Å². The van der Waals surface area contributed by atoms with Gasteiger partial charge in [0.1, 0.15) is 11.5 Å². The van der Waals surface area contributed by atoms with Gasteiger partial charge in [0.25, 0.3) is 5.91 Å². The molecule has 0 aliphatic rings. The highest BCUT2D eigenvalue weighted by molar-refractivity contribution is 6.33. The van der Waals surface area contributed by atoms with Crippen LogP contribution in [0.1, 0.15) is 16.1 Å². The topological polar surface area (TPSA) is 88.8 Å². The molecule has 2 N–H and O–H groups in total. The summed E-state index contributed by atoms with van der Waals surface area (Å²) in [4.78, 5) is 23.4. The number of carbonyl (C=O) groups is 2. The first-order valence-corrected chi connectivity index (χ1v) is 10.2. The Bertz CT molecular complexity index is 1400. The van der Waals surface area contributed by atoms with Gasteiger partial charge in [-0.05, 0) is 53.2 Å². The lowest BCUT2D eigenvalue weighted by Gasteiger charge is -2.09. The first-order valence-electron chi connectivity index (χ1n) is 9.77. The SMILES string of the molecule is O=C(O)COc1ccc2cc(NC(=O)c3cc(-c4ccccc4Cl)oc3C(F)(F)F)ccc2c1. The summed E-state index contributed by atoms with van der Waals surface area (Å²) < 4.78 is 50.9. The quantitative estimate of drug-likeness (QED) is 0.323. The summed E-state index contributed by atoms with van der Waals surface area (Å²) in [5.41, 5.74) is -0.203. The van der Waals surface area contributed by atoms with Crippen LogP contribution in [0.5, 0.6) is 5.75 Å². The molecular formula is C24H15ClF3NO5. The predicted molar refractivity (Wildman–Crippen MR) is 119 cm³/mol. The summed E-state index contributed by atoms with van der Waals surface area (Å²) in [7, 11) is 0. The van der Waals surface area contributed by atoms with Crippen LogP contribution in [0.15, 0.2) is 71.1 Å². The largest absolute Gasteiger partial charge is 0.482 e. The number of fused-ring (bicyclic) bond motifs is 1. The number of aliphatic carboxylic acids is 1. The van der Waals surface area contributed by atoms with Gasteiger partial charge in [-0.2, -0.15) is 13.2 Å². The third-order valence-corrected chi connectivity index (χ3v) is 5.13. The molecule has 1 amide bonds. The number of amides is 1. The molecule has 4 rings (SSSR count). The van der Waals surface area contributed by atoms with E-state index in [1.54, 1.807) is 42.5 Å². The molecule has 0 aliphatic carbocycles. The summed E-state index contributed by atoms with van der Waals surface area (Å²) in [5.74, 6) is -3.40.